The number of aromatic amines is 1. The van der Waals surface area contributed by atoms with Gasteiger partial charge in [-0.3, -0.25) is 4.79 Å². The fraction of sp³-hybridized carbons (Fsp3) is 0.222. The number of carbonyl (C=O) groups is 1. The number of hydrogen-bond acceptors (Lipinski definition) is 4. The van der Waals surface area contributed by atoms with Crippen LogP contribution in [0.4, 0.5) is 0 Å². The molecular formula is C18H19N3O2S. The van der Waals surface area contributed by atoms with Gasteiger partial charge in [0, 0.05) is 6.07 Å². The zero-order chi connectivity index (χ0) is 16.9. The van der Waals surface area contributed by atoms with E-state index in [9.17, 15) is 4.79 Å². The number of imidazole rings is 1. The zero-order valence-electron chi connectivity index (χ0n) is 13.6. The lowest BCUT2D eigenvalue weighted by molar-refractivity contribution is -0.119. The third kappa shape index (κ3) is 3.89. The van der Waals surface area contributed by atoms with Gasteiger partial charge in [0.25, 0.3) is 0 Å². The summed E-state index contributed by atoms with van der Waals surface area (Å²) in [5.74, 6) is 1.07. The van der Waals surface area contributed by atoms with Gasteiger partial charge in [-0.15, -0.1) is 0 Å². The third-order valence-electron chi connectivity index (χ3n) is 3.68. The van der Waals surface area contributed by atoms with Crippen LogP contribution in [-0.2, 0) is 4.79 Å². The molecule has 3 rings (SSSR count). The minimum absolute atomic E-state index is 0.0146. The van der Waals surface area contributed by atoms with E-state index in [1.807, 2.05) is 55.5 Å². The molecule has 1 atom stereocenters. The van der Waals surface area contributed by atoms with Crippen LogP contribution in [0, 0.1) is 0 Å². The number of aromatic nitrogens is 2. The first kappa shape index (κ1) is 16.4. The summed E-state index contributed by atoms with van der Waals surface area (Å²) in [7, 11) is 1.63. The van der Waals surface area contributed by atoms with Crippen LogP contribution < -0.4 is 10.1 Å². The van der Waals surface area contributed by atoms with Crippen LogP contribution in [0.5, 0.6) is 5.75 Å². The number of ether oxygens (including phenoxy) is 1. The Balaban J connectivity index is 1.58. The van der Waals surface area contributed by atoms with Crippen molar-refractivity contribution in [2.24, 2.45) is 0 Å². The molecule has 24 heavy (non-hydrogen) atoms. The summed E-state index contributed by atoms with van der Waals surface area (Å²) in [5, 5.41) is 3.72. The van der Waals surface area contributed by atoms with Crippen molar-refractivity contribution in [1.82, 2.24) is 15.3 Å². The van der Waals surface area contributed by atoms with Gasteiger partial charge in [0.2, 0.25) is 5.91 Å². The minimum atomic E-state index is -0.0191. The van der Waals surface area contributed by atoms with Crippen LogP contribution in [0.3, 0.4) is 0 Å². The Kier molecular flexibility index (Phi) is 5.05. The number of thioether (sulfide) groups is 1. The van der Waals surface area contributed by atoms with Crippen molar-refractivity contribution in [3.05, 3.63) is 54.1 Å². The van der Waals surface area contributed by atoms with Gasteiger partial charge < -0.3 is 15.0 Å². The molecule has 0 saturated heterocycles. The number of amides is 1. The van der Waals surface area contributed by atoms with Gasteiger partial charge in [0.05, 0.1) is 29.9 Å². The SMILES string of the molecule is COc1ccc2nc(SCC(=O)N[C@H](C)c3ccccc3)[nH]c2c1. The average molecular weight is 341 g/mol. The highest BCUT2D eigenvalue weighted by Gasteiger charge is 2.11. The monoisotopic (exact) mass is 341 g/mol. The molecule has 2 N–H and O–H groups in total. The maximum Gasteiger partial charge on any atom is 0.230 e. The molecule has 0 aliphatic heterocycles. The molecule has 0 unspecified atom stereocenters. The van der Waals surface area contributed by atoms with Crippen molar-refractivity contribution < 1.29 is 9.53 Å². The Hall–Kier alpha value is -2.47. The maximum atomic E-state index is 12.1. The molecule has 0 aliphatic carbocycles. The highest BCUT2D eigenvalue weighted by molar-refractivity contribution is 7.99. The largest absolute Gasteiger partial charge is 0.497 e. The smallest absolute Gasteiger partial charge is 0.230 e. The van der Waals surface area contributed by atoms with Crippen molar-refractivity contribution >= 4 is 28.7 Å². The van der Waals surface area contributed by atoms with E-state index in [-0.39, 0.29) is 11.9 Å². The number of nitrogens with zero attached hydrogens (tertiary/aromatic N) is 1. The van der Waals surface area contributed by atoms with Crippen LogP contribution in [0.25, 0.3) is 11.0 Å². The first-order valence-corrected chi connectivity index (χ1v) is 8.65. The van der Waals surface area contributed by atoms with Crippen molar-refractivity contribution in [2.45, 2.75) is 18.1 Å². The second kappa shape index (κ2) is 7.40. The van der Waals surface area contributed by atoms with Gasteiger partial charge in [-0.25, -0.2) is 4.98 Å². The summed E-state index contributed by atoms with van der Waals surface area (Å²) in [6, 6.07) is 15.5. The van der Waals surface area contributed by atoms with E-state index in [0.29, 0.717) is 5.75 Å². The van der Waals surface area contributed by atoms with Crippen molar-refractivity contribution in [3.8, 4) is 5.75 Å². The summed E-state index contributed by atoms with van der Waals surface area (Å²) in [4.78, 5) is 19.8. The topological polar surface area (TPSA) is 67.0 Å². The number of rotatable bonds is 6. The standard InChI is InChI=1S/C18H19N3O2S/c1-12(13-6-4-3-5-7-13)19-17(22)11-24-18-20-15-9-8-14(23-2)10-16(15)21-18/h3-10,12H,11H2,1-2H3,(H,19,22)(H,20,21)/t12-/m1/s1. The molecule has 0 radical (unpaired) electrons. The predicted octanol–water partition coefficient (Wildman–Crippen LogP) is 3.54. The van der Waals surface area contributed by atoms with Gasteiger partial charge >= 0.3 is 0 Å². The lowest BCUT2D eigenvalue weighted by atomic mass is 10.1. The Morgan fingerprint density at radius 1 is 1.29 bits per heavy atom. The molecule has 1 aromatic heterocycles. The molecular weight excluding hydrogens is 322 g/mol. The van der Waals surface area contributed by atoms with E-state index in [0.717, 1.165) is 27.5 Å². The van der Waals surface area contributed by atoms with E-state index in [1.165, 1.54) is 11.8 Å². The molecule has 124 valence electrons. The molecule has 1 amide bonds. The van der Waals surface area contributed by atoms with Gasteiger partial charge in [0.1, 0.15) is 5.75 Å². The van der Waals surface area contributed by atoms with E-state index in [4.69, 9.17) is 4.74 Å². The zero-order valence-corrected chi connectivity index (χ0v) is 14.4. The Labute approximate surface area is 144 Å². The molecule has 3 aromatic rings. The second-order valence-electron chi connectivity index (χ2n) is 5.41. The molecule has 0 spiro atoms. The van der Waals surface area contributed by atoms with Crippen LogP contribution in [-0.4, -0.2) is 28.7 Å². The molecule has 6 heteroatoms. The van der Waals surface area contributed by atoms with E-state index in [2.05, 4.69) is 15.3 Å². The lowest BCUT2D eigenvalue weighted by Crippen LogP contribution is -2.28. The van der Waals surface area contributed by atoms with Crippen molar-refractivity contribution in [2.75, 3.05) is 12.9 Å². The Morgan fingerprint density at radius 3 is 2.83 bits per heavy atom. The molecule has 5 nitrogen and oxygen atoms in total. The number of methoxy groups -OCH3 is 1. The average Bonchev–Trinajstić information content (AvgIpc) is 3.02. The highest BCUT2D eigenvalue weighted by Crippen LogP contribution is 2.23. The predicted molar refractivity (Wildman–Crippen MR) is 96.4 cm³/mol. The summed E-state index contributed by atoms with van der Waals surface area (Å²) in [5.41, 5.74) is 2.85. The van der Waals surface area contributed by atoms with E-state index < -0.39 is 0 Å². The van der Waals surface area contributed by atoms with Crippen molar-refractivity contribution in [3.63, 3.8) is 0 Å². The number of fused-ring (bicyclic) bond motifs is 1. The molecule has 0 saturated carbocycles. The summed E-state index contributed by atoms with van der Waals surface area (Å²) < 4.78 is 5.20. The number of benzene rings is 2. The normalized spacial score (nSPS) is 12.1. The van der Waals surface area contributed by atoms with Gasteiger partial charge in [-0.1, -0.05) is 42.1 Å². The Morgan fingerprint density at radius 2 is 2.08 bits per heavy atom. The fourth-order valence-electron chi connectivity index (χ4n) is 2.40. The molecule has 0 bridgehead atoms. The fourth-order valence-corrected chi connectivity index (χ4v) is 3.10. The molecule has 0 aliphatic rings. The van der Waals surface area contributed by atoms with Crippen molar-refractivity contribution in [1.29, 1.82) is 0 Å². The molecule has 1 heterocycles. The number of hydrogen-bond donors (Lipinski definition) is 2. The number of H-pyrrole nitrogens is 1. The van der Waals surface area contributed by atoms with Crippen LogP contribution in [0.2, 0.25) is 0 Å². The first-order chi connectivity index (χ1) is 11.7. The van der Waals surface area contributed by atoms with Crippen LogP contribution in [0.1, 0.15) is 18.5 Å². The summed E-state index contributed by atoms with van der Waals surface area (Å²) in [6.07, 6.45) is 0. The quantitative estimate of drug-likeness (QED) is 0.673. The number of nitrogens with one attached hydrogen (secondary N) is 2. The van der Waals surface area contributed by atoms with Crippen LogP contribution >= 0.6 is 11.8 Å². The minimum Gasteiger partial charge on any atom is -0.497 e. The van der Waals surface area contributed by atoms with E-state index in [1.54, 1.807) is 7.11 Å². The maximum absolute atomic E-state index is 12.1. The second-order valence-corrected chi connectivity index (χ2v) is 6.38. The summed E-state index contributed by atoms with van der Waals surface area (Å²) in [6.45, 7) is 1.98. The van der Waals surface area contributed by atoms with Gasteiger partial charge in [0.15, 0.2) is 5.16 Å². The van der Waals surface area contributed by atoms with Crippen LogP contribution in [0.15, 0.2) is 53.7 Å². The van der Waals surface area contributed by atoms with E-state index >= 15 is 0 Å². The van der Waals surface area contributed by atoms with Gasteiger partial charge in [-0.2, -0.15) is 0 Å². The first-order valence-electron chi connectivity index (χ1n) is 7.66. The number of carbonyl (C=O) groups excluding carboxylic acids is 1. The third-order valence-corrected chi connectivity index (χ3v) is 4.56. The Bertz CT molecular complexity index is 833. The molecule has 2 aromatic carbocycles. The summed E-state index contributed by atoms with van der Waals surface area (Å²) >= 11 is 1.39. The van der Waals surface area contributed by atoms with Gasteiger partial charge in [-0.05, 0) is 24.6 Å². The highest BCUT2D eigenvalue weighted by atomic mass is 32.2. The molecule has 0 fully saturated rings. The lowest BCUT2D eigenvalue weighted by Gasteiger charge is -2.13.